The Morgan fingerprint density at radius 2 is 2.07 bits per heavy atom. The number of ether oxygens (including phenoxy) is 1. The van der Waals surface area contributed by atoms with Gasteiger partial charge in [-0.15, -0.1) is 0 Å². The summed E-state index contributed by atoms with van der Waals surface area (Å²) >= 11 is 0. The van der Waals surface area contributed by atoms with Gasteiger partial charge in [-0.3, -0.25) is 5.10 Å². The number of carbonyl (C=O) groups is 1. The van der Waals surface area contributed by atoms with E-state index < -0.39 is 24.9 Å². The van der Waals surface area contributed by atoms with Gasteiger partial charge in [0.15, 0.2) is 5.65 Å². The van der Waals surface area contributed by atoms with Crippen LogP contribution in [-0.4, -0.2) is 58.2 Å². The quantitative estimate of drug-likeness (QED) is 0.709. The van der Waals surface area contributed by atoms with E-state index in [4.69, 9.17) is 4.74 Å². The second-order valence-electron chi connectivity index (χ2n) is 6.54. The van der Waals surface area contributed by atoms with Crippen LogP contribution < -0.4 is 10.2 Å². The molecule has 1 amide bonds. The maximum Gasteiger partial charge on any atom is 0.407 e. The minimum Gasteiger partial charge on any atom is -0.446 e. The molecule has 0 saturated carbocycles. The molecule has 3 aromatic heterocycles. The Morgan fingerprint density at radius 3 is 2.82 bits per heavy atom. The van der Waals surface area contributed by atoms with Gasteiger partial charge in [0.1, 0.15) is 12.6 Å². The van der Waals surface area contributed by atoms with Crippen LogP contribution in [0, 0.1) is 0 Å². The lowest BCUT2D eigenvalue weighted by molar-refractivity contribution is -0.124. The number of hydrogen-bond donors (Lipinski definition) is 2. The number of aromatic nitrogens is 4. The summed E-state index contributed by atoms with van der Waals surface area (Å²) in [5, 5.41) is 10.7. The Labute approximate surface area is 157 Å². The topological polar surface area (TPSA) is 96.0 Å². The van der Waals surface area contributed by atoms with Crippen molar-refractivity contribution >= 4 is 33.7 Å². The van der Waals surface area contributed by atoms with Crippen LogP contribution in [0.2, 0.25) is 0 Å². The van der Waals surface area contributed by atoms with E-state index in [1.165, 1.54) is 0 Å². The lowest BCUT2D eigenvalue weighted by Gasteiger charge is -2.33. The number of alkyl halides is 3. The molecule has 0 radical (unpaired) electrons. The monoisotopic (exact) mass is 394 g/mol. The second kappa shape index (κ2) is 7.13. The molecule has 0 aromatic carbocycles. The Hall–Kier alpha value is -3.11. The van der Waals surface area contributed by atoms with Crippen LogP contribution in [0.15, 0.2) is 24.7 Å². The highest BCUT2D eigenvalue weighted by Crippen LogP contribution is 2.32. The van der Waals surface area contributed by atoms with E-state index in [2.05, 4.69) is 25.1 Å². The Kier molecular flexibility index (Phi) is 4.65. The molecule has 28 heavy (non-hydrogen) atoms. The smallest absolute Gasteiger partial charge is 0.407 e. The van der Waals surface area contributed by atoms with Gasteiger partial charge in [0.2, 0.25) is 0 Å². The number of pyridine rings is 1. The molecule has 0 unspecified atom stereocenters. The number of fused-ring (bicyclic) bond motifs is 3. The average molecular weight is 394 g/mol. The van der Waals surface area contributed by atoms with E-state index in [1.54, 1.807) is 23.9 Å². The van der Waals surface area contributed by atoms with E-state index in [9.17, 15) is 18.0 Å². The molecule has 4 heterocycles. The first-order valence-electron chi connectivity index (χ1n) is 8.74. The predicted octanol–water partition coefficient (Wildman–Crippen LogP) is 2.76. The van der Waals surface area contributed by atoms with Crippen molar-refractivity contribution in [3.8, 4) is 0 Å². The number of nitrogens with zero attached hydrogens (tertiary/aromatic N) is 4. The van der Waals surface area contributed by atoms with Gasteiger partial charge in [-0.2, -0.15) is 18.3 Å². The number of aromatic amines is 1. The predicted molar refractivity (Wildman–Crippen MR) is 95.0 cm³/mol. The van der Waals surface area contributed by atoms with Crippen molar-refractivity contribution in [3.63, 3.8) is 0 Å². The van der Waals surface area contributed by atoms with Crippen molar-refractivity contribution in [2.24, 2.45) is 0 Å². The van der Waals surface area contributed by atoms with Gasteiger partial charge >= 0.3 is 12.3 Å². The maximum atomic E-state index is 12.2. The fraction of sp³-hybridized carbons (Fsp3) is 0.412. The van der Waals surface area contributed by atoms with Crippen LogP contribution in [0.5, 0.6) is 0 Å². The van der Waals surface area contributed by atoms with Crippen molar-refractivity contribution < 1.29 is 22.7 Å². The van der Waals surface area contributed by atoms with Crippen molar-refractivity contribution in [2.75, 3.05) is 24.5 Å². The van der Waals surface area contributed by atoms with E-state index in [1.807, 2.05) is 6.07 Å². The summed E-state index contributed by atoms with van der Waals surface area (Å²) in [4.78, 5) is 22.2. The second-order valence-corrected chi connectivity index (χ2v) is 6.54. The number of halogens is 3. The molecular formula is C17H17F3N6O2. The van der Waals surface area contributed by atoms with Gasteiger partial charge < -0.3 is 15.0 Å². The number of hydrogen-bond acceptors (Lipinski definition) is 6. The van der Waals surface area contributed by atoms with Gasteiger partial charge in [-0.05, 0) is 6.07 Å². The molecule has 2 N–H and O–H groups in total. The highest BCUT2D eigenvalue weighted by atomic mass is 19.4. The zero-order valence-corrected chi connectivity index (χ0v) is 14.7. The molecule has 3 aromatic rings. The summed E-state index contributed by atoms with van der Waals surface area (Å²) in [6, 6.07) is 1.89. The van der Waals surface area contributed by atoms with Crippen molar-refractivity contribution in [1.29, 1.82) is 0 Å². The summed E-state index contributed by atoms with van der Waals surface area (Å²) in [6.45, 7) is -0.244. The van der Waals surface area contributed by atoms with E-state index in [0.717, 1.165) is 22.0 Å². The van der Waals surface area contributed by atoms with Crippen LogP contribution >= 0.6 is 0 Å². The van der Waals surface area contributed by atoms with Crippen molar-refractivity contribution in [1.82, 2.24) is 25.5 Å². The third kappa shape index (κ3) is 3.78. The molecule has 4 rings (SSSR count). The molecule has 8 nitrogen and oxygen atoms in total. The molecule has 148 valence electrons. The van der Waals surface area contributed by atoms with Gasteiger partial charge in [0.25, 0.3) is 0 Å². The Morgan fingerprint density at radius 1 is 1.29 bits per heavy atom. The average Bonchev–Trinajstić information content (AvgIpc) is 3.15. The van der Waals surface area contributed by atoms with Gasteiger partial charge in [-0.1, -0.05) is 0 Å². The van der Waals surface area contributed by atoms with Crippen LogP contribution in [0.25, 0.3) is 21.9 Å². The van der Waals surface area contributed by atoms with Crippen LogP contribution in [0.3, 0.4) is 0 Å². The molecule has 0 bridgehead atoms. The summed E-state index contributed by atoms with van der Waals surface area (Å²) in [5.41, 5.74) is 2.34. The van der Waals surface area contributed by atoms with E-state index in [0.29, 0.717) is 31.6 Å². The third-order valence-corrected chi connectivity index (χ3v) is 4.65. The molecule has 0 atom stereocenters. The normalized spacial score (nSPS) is 15.9. The first-order chi connectivity index (χ1) is 13.4. The van der Waals surface area contributed by atoms with E-state index >= 15 is 0 Å². The molecule has 0 spiro atoms. The number of alkyl carbamates (subject to hydrolysis) is 1. The summed E-state index contributed by atoms with van der Waals surface area (Å²) in [6.07, 6.45) is 0.181. The summed E-state index contributed by atoms with van der Waals surface area (Å²) in [5.74, 6) is 0. The first kappa shape index (κ1) is 18.3. The highest BCUT2D eigenvalue weighted by molar-refractivity contribution is 6.09. The third-order valence-electron chi connectivity index (χ3n) is 4.65. The number of amides is 1. The summed E-state index contributed by atoms with van der Waals surface area (Å²) < 4.78 is 41.6. The lowest BCUT2D eigenvalue weighted by Crippen LogP contribution is -2.41. The first-order valence-corrected chi connectivity index (χ1v) is 8.74. The molecule has 11 heteroatoms. The Bertz CT molecular complexity index is 997. The number of carbonyl (C=O) groups excluding carboxylic acids is 1. The molecule has 1 aliphatic rings. The van der Waals surface area contributed by atoms with Gasteiger partial charge in [0.05, 0.1) is 23.6 Å². The minimum absolute atomic E-state index is 0.429. The number of anilines is 1. The van der Waals surface area contributed by atoms with Crippen LogP contribution in [0.1, 0.15) is 12.8 Å². The maximum absolute atomic E-state index is 12.2. The van der Waals surface area contributed by atoms with Crippen LogP contribution in [0.4, 0.5) is 23.7 Å². The Balaban J connectivity index is 1.44. The molecular weight excluding hydrogens is 377 g/mol. The number of H-pyrrole nitrogens is 1. The number of piperidine rings is 1. The molecule has 1 saturated heterocycles. The van der Waals surface area contributed by atoms with Crippen molar-refractivity contribution in [3.05, 3.63) is 24.7 Å². The van der Waals surface area contributed by atoms with Crippen LogP contribution in [-0.2, 0) is 4.74 Å². The molecule has 1 fully saturated rings. The standard InChI is InChI=1S/C17H17F3N6O2/c18-17(19,20)9-23-16(27)28-10-2-5-26(6-3-10)13-8-24-25-12-7-22-15-11(14(12)13)1-4-21-15/h1,4,7-8,10,25H,2-3,5-6,9H2,(H,23,27). The fourth-order valence-electron chi connectivity index (χ4n) is 3.37. The fourth-order valence-corrected chi connectivity index (χ4v) is 3.37. The SMILES string of the molecule is O=C(NCC(F)(F)F)OC1CCN(c2cn[nH]c3cnc4nccc4c23)CC1. The molecule has 0 aliphatic carbocycles. The largest absolute Gasteiger partial charge is 0.446 e. The number of nitrogens with one attached hydrogen (secondary N) is 2. The van der Waals surface area contributed by atoms with E-state index in [-0.39, 0.29) is 0 Å². The van der Waals surface area contributed by atoms with Gasteiger partial charge in [0, 0.05) is 42.9 Å². The number of rotatable bonds is 3. The van der Waals surface area contributed by atoms with Crippen molar-refractivity contribution in [2.45, 2.75) is 25.1 Å². The molecule has 1 aliphatic heterocycles. The zero-order valence-electron chi connectivity index (χ0n) is 14.7. The minimum atomic E-state index is -4.46. The lowest BCUT2D eigenvalue weighted by atomic mass is 10.1. The summed E-state index contributed by atoms with van der Waals surface area (Å²) in [7, 11) is 0. The zero-order chi connectivity index (χ0) is 19.7. The van der Waals surface area contributed by atoms with Gasteiger partial charge in [-0.25, -0.2) is 14.8 Å². The highest BCUT2D eigenvalue weighted by Gasteiger charge is 2.29.